The van der Waals surface area contributed by atoms with E-state index in [1.54, 1.807) is 0 Å². The normalized spacial score (nSPS) is 17.2. The van der Waals surface area contributed by atoms with Crippen molar-refractivity contribution in [1.29, 1.82) is 0 Å². The summed E-state index contributed by atoms with van der Waals surface area (Å²) in [6, 6.07) is 8.32. The van der Waals surface area contributed by atoms with Crippen molar-refractivity contribution < 1.29 is 4.79 Å². The maximum Gasteiger partial charge on any atom is 0.223 e. The zero-order valence-electron chi connectivity index (χ0n) is 9.29. The predicted octanol–water partition coefficient (Wildman–Crippen LogP) is 2.58. The number of nitrogens with one attached hydrogen (secondary N) is 1. The number of hydrogen-bond acceptors (Lipinski definition) is 1. The zero-order valence-corrected chi connectivity index (χ0v) is 9.29. The van der Waals surface area contributed by atoms with Crippen molar-refractivity contribution in [3.8, 4) is 0 Å². The SMILES string of the molecule is Cc1ccccc1[C@@H](C)NC(=O)C1CC1. The molecular formula is C13H17NO. The van der Waals surface area contributed by atoms with Crippen LogP contribution in [-0.4, -0.2) is 5.91 Å². The van der Waals surface area contributed by atoms with E-state index < -0.39 is 0 Å². The molecule has 80 valence electrons. The van der Waals surface area contributed by atoms with Gasteiger partial charge in [-0.05, 0) is 37.8 Å². The highest BCUT2D eigenvalue weighted by Gasteiger charge is 2.30. The van der Waals surface area contributed by atoms with Crippen molar-refractivity contribution in [2.45, 2.75) is 32.7 Å². The van der Waals surface area contributed by atoms with Gasteiger partial charge < -0.3 is 5.32 Å². The quantitative estimate of drug-likeness (QED) is 0.803. The Hall–Kier alpha value is -1.31. The fourth-order valence-corrected chi connectivity index (χ4v) is 1.83. The lowest BCUT2D eigenvalue weighted by Gasteiger charge is -2.16. The first kappa shape index (κ1) is 10.2. The van der Waals surface area contributed by atoms with Crippen LogP contribution in [0.4, 0.5) is 0 Å². The van der Waals surface area contributed by atoms with Crippen LogP contribution in [0.3, 0.4) is 0 Å². The molecule has 0 spiro atoms. The largest absolute Gasteiger partial charge is 0.349 e. The van der Waals surface area contributed by atoms with Gasteiger partial charge in [-0.3, -0.25) is 4.79 Å². The van der Waals surface area contributed by atoms with Gasteiger partial charge in [-0.2, -0.15) is 0 Å². The number of aryl methyl sites for hydroxylation is 1. The van der Waals surface area contributed by atoms with Crippen molar-refractivity contribution in [2.75, 3.05) is 0 Å². The highest BCUT2D eigenvalue weighted by molar-refractivity contribution is 5.81. The number of benzene rings is 1. The maximum absolute atomic E-state index is 11.6. The number of hydrogen-bond donors (Lipinski definition) is 1. The zero-order chi connectivity index (χ0) is 10.8. The Kier molecular flexibility index (Phi) is 2.76. The standard InChI is InChI=1S/C13H17NO/c1-9-5-3-4-6-12(9)10(2)14-13(15)11-7-8-11/h3-6,10-11H,7-8H2,1-2H3,(H,14,15)/t10-/m1/s1. The Morgan fingerprint density at radius 2 is 2.07 bits per heavy atom. The Morgan fingerprint density at radius 1 is 1.40 bits per heavy atom. The van der Waals surface area contributed by atoms with Crippen molar-refractivity contribution >= 4 is 5.91 Å². The molecule has 1 fully saturated rings. The van der Waals surface area contributed by atoms with Gasteiger partial charge >= 0.3 is 0 Å². The molecule has 1 N–H and O–H groups in total. The molecular weight excluding hydrogens is 186 g/mol. The van der Waals surface area contributed by atoms with Crippen molar-refractivity contribution in [3.63, 3.8) is 0 Å². The fourth-order valence-electron chi connectivity index (χ4n) is 1.83. The lowest BCUT2D eigenvalue weighted by atomic mass is 10.0. The van der Waals surface area contributed by atoms with Crippen LogP contribution in [-0.2, 0) is 4.79 Å². The lowest BCUT2D eigenvalue weighted by molar-refractivity contribution is -0.122. The van der Waals surface area contributed by atoms with E-state index in [9.17, 15) is 4.79 Å². The van der Waals surface area contributed by atoms with E-state index >= 15 is 0 Å². The number of amides is 1. The van der Waals surface area contributed by atoms with Crippen LogP contribution in [0.5, 0.6) is 0 Å². The minimum atomic E-state index is 0.124. The van der Waals surface area contributed by atoms with E-state index in [0.29, 0.717) is 0 Å². The van der Waals surface area contributed by atoms with Crippen LogP contribution in [0, 0.1) is 12.8 Å². The summed E-state index contributed by atoms with van der Waals surface area (Å²) in [6.07, 6.45) is 2.12. The van der Waals surface area contributed by atoms with Gasteiger partial charge in [0.2, 0.25) is 5.91 Å². The monoisotopic (exact) mass is 203 g/mol. The van der Waals surface area contributed by atoms with Crippen LogP contribution >= 0.6 is 0 Å². The van der Waals surface area contributed by atoms with Crippen molar-refractivity contribution in [2.24, 2.45) is 5.92 Å². The average molecular weight is 203 g/mol. The average Bonchev–Trinajstić information content (AvgIpc) is 3.01. The van der Waals surface area contributed by atoms with E-state index in [1.165, 1.54) is 11.1 Å². The van der Waals surface area contributed by atoms with Crippen LogP contribution < -0.4 is 5.32 Å². The fraction of sp³-hybridized carbons (Fsp3) is 0.462. The smallest absolute Gasteiger partial charge is 0.223 e. The van der Waals surface area contributed by atoms with Gasteiger partial charge in [0.1, 0.15) is 0 Å². The topological polar surface area (TPSA) is 29.1 Å². The van der Waals surface area contributed by atoms with E-state index in [-0.39, 0.29) is 17.9 Å². The molecule has 0 aliphatic heterocycles. The minimum absolute atomic E-state index is 0.124. The third kappa shape index (κ3) is 2.38. The van der Waals surface area contributed by atoms with Crippen molar-refractivity contribution in [1.82, 2.24) is 5.32 Å². The van der Waals surface area contributed by atoms with Crippen LogP contribution in [0.25, 0.3) is 0 Å². The molecule has 0 unspecified atom stereocenters. The highest BCUT2D eigenvalue weighted by Crippen LogP contribution is 2.30. The van der Waals surface area contributed by atoms with Gasteiger partial charge in [-0.1, -0.05) is 24.3 Å². The first-order valence-corrected chi connectivity index (χ1v) is 5.54. The Bertz CT molecular complexity index is 369. The lowest BCUT2D eigenvalue weighted by Crippen LogP contribution is -2.28. The Labute approximate surface area is 90.7 Å². The molecule has 1 aliphatic rings. The maximum atomic E-state index is 11.6. The molecule has 2 nitrogen and oxygen atoms in total. The molecule has 15 heavy (non-hydrogen) atoms. The molecule has 0 saturated heterocycles. The first-order valence-electron chi connectivity index (χ1n) is 5.54. The second kappa shape index (κ2) is 4.05. The molecule has 2 heteroatoms. The summed E-state index contributed by atoms with van der Waals surface area (Å²) in [5, 5.41) is 3.06. The second-order valence-electron chi connectivity index (χ2n) is 4.36. The molecule has 1 saturated carbocycles. The van der Waals surface area contributed by atoms with Gasteiger partial charge in [-0.15, -0.1) is 0 Å². The molecule has 1 atom stereocenters. The summed E-state index contributed by atoms with van der Waals surface area (Å²) in [5.74, 6) is 0.502. The molecule has 0 bridgehead atoms. The molecule has 0 radical (unpaired) electrons. The summed E-state index contributed by atoms with van der Waals surface area (Å²) < 4.78 is 0. The summed E-state index contributed by atoms with van der Waals surface area (Å²) in [6.45, 7) is 4.12. The Balaban J connectivity index is 2.03. The van der Waals surface area contributed by atoms with Gasteiger partial charge in [0.05, 0.1) is 6.04 Å². The predicted molar refractivity (Wildman–Crippen MR) is 60.5 cm³/mol. The summed E-state index contributed by atoms with van der Waals surface area (Å²) in [5.41, 5.74) is 2.45. The first-order chi connectivity index (χ1) is 7.18. The Morgan fingerprint density at radius 3 is 2.67 bits per heavy atom. The van der Waals surface area contributed by atoms with Crippen LogP contribution in [0.15, 0.2) is 24.3 Å². The number of carbonyl (C=O) groups is 1. The van der Waals surface area contributed by atoms with Gasteiger partial charge in [0.25, 0.3) is 0 Å². The van der Waals surface area contributed by atoms with Gasteiger partial charge in [-0.25, -0.2) is 0 Å². The summed E-state index contributed by atoms with van der Waals surface area (Å²) >= 11 is 0. The number of rotatable bonds is 3. The van der Waals surface area contributed by atoms with Crippen molar-refractivity contribution in [3.05, 3.63) is 35.4 Å². The molecule has 0 heterocycles. The minimum Gasteiger partial charge on any atom is -0.349 e. The van der Waals surface area contributed by atoms with E-state index in [1.807, 2.05) is 19.1 Å². The highest BCUT2D eigenvalue weighted by atomic mass is 16.2. The molecule has 1 amide bonds. The van der Waals surface area contributed by atoms with Gasteiger partial charge in [0, 0.05) is 5.92 Å². The van der Waals surface area contributed by atoms with Crippen LogP contribution in [0.1, 0.15) is 36.9 Å². The summed E-state index contributed by atoms with van der Waals surface area (Å²) in [7, 11) is 0. The molecule has 1 aromatic carbocycles. The molecule has 0 aromatic heterocycles. The third-order valence-electron chi connectivity index (χ3n) is 2.96. The molecule has 1 aromatic rings. The third-order valence-corrected chi connectivity index (χ3v) is 2.96. The molecule has 2 rings (SSSR count). The van der Waals surface area contributed by atoms with E-state index in [2.05, 4.69) is 24.4 Å². The number of carbonyl (C=O) groups excluding carboxylic acids is 1. The second-order valence-corrected chi connectivity index (χ2v) is 4.36. The summed E-state index contributed by atoms with van der Waals surface area (Å²) in [4.78, 5) is 11.6. The van der Waals surface area contributed by atoms with Crippen LogP contribution in [0.2, 0.25) is 0 Å². The van der Waals surface area contributed by atoms with Gasteiger partial charge in [0.15, 0.2) is 0 Å². The molecule has 1 aliphatic carbocycles. The van der Waals surface area contributed by atoms with E-state index in [0.717, 1.165) is 12.8 Å². The van der Waals surface area contributed by atoms with E-state index in [4.69, 9.17) is 0 Å².